The van der Waals surface area contributed by atoms with E-state index in [2.05, 4.69) is 29.4 Å². The number of aliphatic imine (C=N–C) groups is 1. The molecule has 0 bridgehead atoms. The highest BCUT2D eigenvalue weighted by Crippen LogP contribution is 2.24. The highest BCUT2D eigenvalue weighted by atomic mass is 35.5. The molecule has 0 spiro atoms. The van der Waals surface area contributed by atoms with Crippen LogP contribution in [0.5, 0.6) is 0 Å². The SMILES string of the molecule is Cc1ccc(NC2=NCC(c3ccc(Cl)cc3)O2)cc1. The third-order valence-corrected chi connectivity index (χ3v) is 3.45. The van der Waals surface area contributed by atoms with E-state index in [9.17, 15) is 0 Å². The third-order valence-electron chi connectivity index (χ3n) is 3.20. The molecule has 3 rings (SSSR count). The van der Waals surface area contributed by atoms with Crippen molar-refractivity contribution in [1.29, 1.82) is 0 Å². The van der Waals surface area contributed by atoms with Crippen molar-refractivity contribution >= 4 is 23.3 Å². The summed E-state index contributed by atoms with van der Waals surface area (Å²) in [4.78, 5) is 4.38. The summed E-state index contributed by atoms with van der Waals surface area (Å²) in [5.74, 6) is 0. The zero-order chi connectivity index (χ0) is 13.9. The molecule has 0 saturated heterocycles. The van der Waals surface area contributed by atoms with Crippen LogP contribution in [0.15, 0.2) is 53.5 Å². The molecular formula is C16H15ClN2O. The predicted octanol–water partition coefficient (Wildman–Crippen LogP) is 4.19. The van der Waals surface area contributed by atoms with E-state index in [1.807, 2.05) is 36.4 Å². The summed E-state index contributed by atoms with van der Waals surface area (Å²) in [5.41, 5.74) is 3.29. The van der Waals surface area contributed by atoms with E-state index in [1.165, 1.54) is 5.56 Å². The van der Waals surface area contributed by atoms with Gasteiger partial charge in [-0.05, 0) is 36.8 Å². The Bertz CT molecular complexity index is 620. The quantitative estimate of drug-likeness (QED) is 0.898. The number of hydrogen-bond acceptors (Lipinski definition) is 3. The van der Waals surface area contributed by atoms with Crippen LogP contribution in [0.4, 0.5) is 5.69 Å². The third kappa shape index (κ3) is 2.94. The second-order valence-electron chi connectivity index (χ2n) is 4.79. The van der Waals surface area contributed by atoms with Crippen LogP contribution in [0.1, 0.15) is 17.2 Å². The number of nitrogens with zero attached hydrogens (tertiary/aromatic N) is 1. The lowest BCUT2D eigenvalue weighted by Gasteiger charge is -2.12. The fourth-order valence-electron chi connectivity index (χ4n) is 2.06. The summed E-state index contributed by atoms with van der Waals surface area (Å²) >= 11 is 5.89. The molecule has 20 heavy (non-hydrogen) atoms. The number of benzene rings is 2. The first kappa shape index (κ1) is 13.0. The number of amidine groups is 1. The maximum atomic E-state index is 5.89. The van der Waals surface area contributed by atoms with Crippen molar-refractivity contribution in [1.82, 2.24) is 0 Å². The summed E-state index contributed by atoms with van der Waals surface area (Å²) in [6, 6.07) is 16.4. The first-order valence-corrected chi connectivity index (χ1v) is 6.89. The van der Waals surface area contributed by atoms with E-state index in [0.717, 1.165) is 16.3 Å². The molecule has 0 radical (unpaired) electrons. The minimum atomic E-state index is -0.0415. The molecule has 0 aliphatic carbocycles. The highest BCUT2D eigenvalue weighted by Gasteiger charge is 2.21. The van der Waals surface area contributed by atoms with Gasteiger partial charge in [-0.3, -0.25) is 0 Å². The summed E-state index contributed by atoms with van der Waals surface area (Å²) in [7, 11) is 0. The standard InChI is InChI=1S/C16H15ClN2O/c1-11-2-8-14(9-3-11)19-16-18-10-15(20-16)12-4-6-13(17)7-5-12/h2-9,15H,10H2,1H3,(H,18,19). The average molecular weight is 287 g/mol. The molecule has 3 nitrogen and oxygen atoms in total. The highest BCUT2D eigenvalue weighted by molar-refractivity contribution is 6.30. The number of rotatable bonds is 2. The minimum Gasteiger partial charge on any atom is -0.455 e. The topological polar surface area (TPSA) is 33.6 Å². The van der Waals surface area contributed by atoms with Crippen LogP contribution in [-0.2, 0) is 4.74 Å². The molecule has 1 unspecified atom stereocenters. The van der Waals surface area contributed by atoms with E-state index in [-0.39, 0.29) is 6.10 Å². The fourth-order valence-corrected chi connectivity index (χ4v) is 2.18. The number of ether oxygens (including phenoxy) is 1. The molecule has 1 atom stereocenters. The smallest absolute Gasteiger partial charge is 0.290 e. The normalized spacial score (nSPS) is 17.5. The summed E-state index contributed by atoms with van der Waals surface area (Å²) in [6.45, 7) is 2.68. The Morgan fingerprint density at radius 2 is 1.80 bits per heavy atom. The molecule has 1 N–H and O–H groups in total. The first-order chi connectivity index (χ1) is 9.70. The Balaban J connectivity index is 1.64. The number of aryl methyl sites for hydroxylation is 1. The minimum absolute atomic E-state index is 0.0415. The number of anilines is 1. The van der Waals surface area contributed by atoms with Crippen molar-refractivity contribution in [2.75, 3.05) is 11.9 Å². The second-order valence-corrected chi connectivity index (χ2v) is 5.23. The van der Waals surface area contributed by atoms with Gasteiger partial charge in [0.2, 0.25) is 0 Å². The molecule has 1 aliphatic rings. The van der Waals surface area contributed by atoms with Crippen LogP contribution in [0.2, 0.25) is 5.02 Å². The molecule has 0 aromatic heterocycles. The molecule has 2 aromatic carbocycles. The zero-order valence-corrected chi connectivity index (χ0v) is 11.9. The second kappa shape index (κ2) is 5.55. The van der Waals surface area contributed by atoms with Gasteiger partial charge in [-0.2, -0.15) is 0 Å². The molecule has 1 aliphatic heterocycles. The van der Waals surface area contributed by atoms with Gasteiger partial charge in [0.15, 0.2) is 0 Å². The Labute approximate surface area is 123 Å². The van der Waals surface area contributed by atoms with E-state index >= 15 is 0 Å². The van der Waals surface area contributed by atoms with Crippen LogP contribution in [0.25, 0.3) is 0 Å². The van der Waals surface area contributed by atoms with Gasteiger partial charge >= 0.3 is 0 Å². The molecule has 102 valence electrons. The van der Waals surface area contributed by atoms with E-state index in [1.54, 1.807) is 0 Å². The van der Waals surface area contributed by atoms with Gasteiger partial charge in [0.05, 0.1) is 6.54 Å². The van der Waals surface area contributed by atoms with Crippen LogP contribution in [0.3, 0.4) is 0 Å². The number of halogens is 1. The number of hydrogen-bond donors (Lipinski definition) is 1. The molecule has 0 amide bonds. The van der Waals surface area contributed by atoms with Crippen molar-refractivity contribution in [3.05, 3.63) is 64.7 Å². The lowest BCUT2D eigenvalue weighted by Crippen LogP contribution is -2.13. The maximum absolute atomic E-state index is 5.89. The Kier molecular flexibility index (Phi) is 3.61. The van der Waals surface area contributed by atoms with Crippen molar-refractivity contribution in [3.63, 3.8) is 0 Å². The van der Waals surface area contributed by atoms with Crippen LogP contribution < -0.4 is 5.32 Å². The molecule has 0 saturated carbocycles. The van der Waals surface area contributed by atoms with E-state index < -0.39 is 0 Å². The molecular weight excluding hydrogens is 272 g/mol. The van der Waals surface area contributed by atoms with Gasteiger partial charge in [-0.15, -0.1) is 0 Å². The first-order valence-electron chi connectivity index (χ1n) is 6.51. The summed E-state index contributed by atoms with van der Waals surface area (Å²) < 4.78 is 5.82. The zero-order valence-electron chi connectivity index (χ0n) is 11.1. The van der Waals surface area contributed by atoms with Gasteiger partial charge in [0.25, 0.3) is 6.02 Å². The predicted molar refractivity (Wildman–Crippen MR) is 82.4 cm³/mol. The van der Waals surface area contributed by atoms with Gasteiger partial charge in [-0.25, -0.2) is 4.99 Å². The molecule has 4 heteroatoms. The largest absolute Gasteiger partial charge is 0.455 e. The molecule has 2 aromatic rings. The van der Waals surface area contributed by atoms with Crippen molar-refractivity contribution in [3.8, 4) is 0 Å². The van der Waals surface area contributed by atoms with E-state index in [0.29, 0.717) is 12.6 Å². The number of nitrogens with one attached hydrogen (secondary N) is 1. The maximum Gasteiger partial charge on any atom is 0.290 e. The lowest BCUT2D eigenvalue weighted by atomic mass is 10.1. The summed E-state index contributed by atoms with van der Waals surface area (Å²) in [6.07, 6.45) is -0.0415. The van der Waals surface area contributed by atoms with Crippen LogP contribution in [-0.4, -0.2) is 12.6 Å². The van der Waals surface area contributed by atoms with Gasteiger partial charge in [-0.1, -0.05) is 41.4 Å². The van der Waals surface area contributed by atoms with Gasteiger partial charge < -0.3 is 10.1 Å². The molecule has 1 heterocycles. The van der Waals surface area contributed by atoms with Crippen LogP contribution in [0, 0.1) is 6.92 Å². The Hall–Kier alpha value is -2.00. The monoisotopic (exact) mass is 286 g/mol. The average Bonchev–Trinajstić information content (AvgIpc) is 2.91. The summed E-state index contributed by atoms with van der Waals surface area (Å²) in [5, 5.41) is 3.91. The van der Waals surface area contributed by atoms with Crippen molar-refractivity contribution < 1.29 is 4.74 Å². The van der Waals surface area contributed by atoms with Crippen molar-refractivity contribution in [2.24, 2.45) is 4.99 Å². The molecule has 0 fully saturated rings. The fraction of sp³-hybridized carbons (Fsp3) is 0.188. The van der Waals surface area contributed by atoms with Crippen molar-refractivity contribution in [2.45, 2.75) is 13.0 Å². The Morgan fingerprint density at radius 3 is 2.50 bits per heavy atom. The lowest BCUT2D eigenvalue weighted by molar-refractivity contribution is 0.229. The van der Waals surface area contributed by atoms with Crippen LogP contribution >= 0.6 is 11.6 Å². The van der Waals surface area contributed by atoms with E-state index in [4.69, 9.17) is 16.3 Å². The van der Waals surface area contributed by atoms with Gasteiger partial charge in [0, 0.05) is 10.7 Å². The van der Waals surface area contributed by atoms with Gasteiger partial charge in [0.1, 0.15) is 6.10 Å². The Morgan fingerprint density at radius 1 is 1.10 bits per heavy atom.